The van der Waals surface area contributed by atoms with E-state index in [1.54, 1.807) is 12.4 Å². The molecule has 20 heavy (non-hydrogen) atoms. The fourth-order valence-corrected chi connectivity index (χ4v) is 2.51. The lowest BCUT2D eigenvalue weighted by Gasteiger charge is -2.10. The molecule has 2 aromatic heterocycles. The van der Waals surface area contributed by atoms with Crippen molar-refractivity contribution in [2.45, 2.75) is 12.7 Å². The molecule has 3 aromatic rings. The Bertz CT molecular complexity index is 722. The van der Waals surface area contributed by atoms with Crippen LogP contribution in [0.4, 0.5) is 0 Å². The Morgan fingerprint density at radius 1 is 1.10 bits per heavy atom. The van der Waals surface area contributed by atoms with Gasteiger partial charge in [0.1, 0.15) is 11.8 Å². The zero-order valence-corrected chi connectivity index (χ0v) is 10.8. The molecule has 4 rings (SSSR count). The van der Waals surface area contributed by atoms with Crippen LogP contribution in [-0.2, 0) is 11.3 Å². The molecule has 4 nitrogen and oxygen atoms in total. The maximum Gasteiger partial charge on any atom is 0.127 e. The quantitative estimate of drug-likeness (QED) is 0.713. The molecular formula is C16H13N3O. The lowest BCUT2D eigenvalue weighted by atomic mass is 10.1. The van der Waals surface area contributed by atoms with E-state index in [1.807, 2.05) is 41.2 Å². The summed E-state index contributed by atoms with van der Waals surface area (Å²) in [5.74, 6) is 0. The largest absolute Gasteiger partial charge is 0.362 e. The monoisotopic (exact) mass is 263 g/mol. The van der Waals surface area contributed by atoms with E-state index in [2.05, 4.69) is 22.2 Å². The van der Waals surface area contributed by atoms with Crippen molar-refractivity contribution in [1.29, 1.82) is 0 Å². The summed E-state index contributed by atoms with van der Waals surface area (Å²) < 4.78 is 7.72. The molecule has 1 aromatic carbocycles. The highest BCUT2D eigenvalue weighted by Crippen LogP contribution is 2.34. The number of benzene rings is 1. The first-order valence-electron chi connectivity index (χ1n) is 6.57. The highest BCUT2D eigenvalue weighted by molar-refractivity contribution is 5.36. The van der Waals surface area contributed by atoms with Gasteiger partial charge in [0, 0.05) is 18.0 Å². The van der Waals surface area contributed by atoms with Crippen LogP contribution in [0.2, 0.25) is 0 Å². The number of rotatable bonds is 2. The maximum absolute atomic E-state index is 5.85. The van der Waals surface area contributed by atoms with Crippen molar-refractivity contribution in [1.82, 2.24) is 14.8 Å². The van der Waals surface area contributed by atoms with Crippen LogP contribution in [0.1, 0.15) is 22.9 Å². The Morgan fingerprint density at radius 3 is 2.80 bits per heavy atom. The predicted octanol–water partition coefficient (Wildman–Crippen LogP) is 2.89. The van der Waals surface area contributed by atoms with E-state index in [1.165, 1.54) is 0 Å². The van der Waals surface area contributed by atoms with Gasteiger partial charge in [-0.25, -0.2) is 4.68 Å². The third kappa shape index (κ3) is 1.82. The summed E-state index contributed by atoms with van der Waals surface area (Å²) in [6.45, 7) is 0.606. The molecule has 0 aliphatic carbocycles. The Balaban J connectivity index is 1.74. The van der Waals surface area contributed by atoms with E-state index >= 15 is 0 Å². The standard InChI is InChI=1S/C16H13N3O/c1-2-5-12(6-3-1)16-15-13(11-20-16)10-19(18-15)14-7-4-8-17-9-14/h1-10,16H,11H2. The first-order chi connectivity index (χ1) is 9.92. The minimum absolute atomic E-state index is 0.0656. The molecule has 1 atom stereocenters. The predicted molar refractivity (Wildman–Crippen MR) is 74.4 cm³/mol. The number of aromatic nitrogens is 3. The normalized spacial score (nSPS) is 17.1. The molecule has 0 radical (unpaired) electrons. The first kappa shape index (κ1) is 11.4. The second kappa shape index (κ2) is 4.58. The summed E-state index contributed by atoms with van der Waals surface area (Å²) in [6.07, 6.45) is 5.52. The second-order valence-corrected chi connectivity index (χ2v) is 4.80. The SMILES string of the molecule is c1ccc(C2OCc3cn(-c4cccnc4)nc32)cc1. The highest BCUT2D eigenvalue weighted by Gasteiger charge is 2.28. The van der Waals surface area contributed by atoms with Gasteiger partial charge in [-0.2, -0.15) is 5.10 Å². The minimum atomic E-state index is -0.0656. The van der Waals surface area contributed by atoms with Gasteiger partial charge < -0.3 is 4.74 Å². The van der Waals surface area contributed by atoms with Gasteiger partial charge in [0.05, 0.1) is 18.5 Å². The van der Waals surface area contributed by atoms with Crippen LogP contribution in [0.3, 0.4) is 0 Å². The number of hydrogen-bond donors (Lipinski definition) is 0. The minimum Gasteiger partial charge on any atom is -0.362 e. The van der Waals surface area contributed by atoms with Crippen LogP contribution < -0.4 is 0 Å². The molecule has 98 valence electrons. The molecular weight excluding hydrogens is 250 g/mol. The van der Waals surface area contributed by atoms with Gasteiger partial charge in [0.15, 0.2) is 0 Å². The molecule has 0 N–H and O–H groups in total. The van der Waals surface area contributed by atoms with Crippen molar-refractivity contribution in [3.63, 3.8) is 0 Å². The average Bonchev–Trinajstić information content (AvgIpc) is 3.09. The van der Waals surface area contributed by atoms with Gasteiger partial charge >= 0.3 is 0 Å². The highest BCUT2D eigenvalue weighted by atomic mass is 16.5. The number of nitrogens with zero attached hydrogens (tertiary/aromatic N) is 3. The van der Waals surface area contributed by atoms with Crippen LogP contribution in [0, 0.1) is 0 Å². The first-order valence-corrected chi connectivity index (χ1v) is 6.57. The number of ether oxygens (including phenoxy) is 1. The zero-order valence-electron chi connectivity index (χ0n) is 10.8. The number of fused-ring (bicyclic) bond motifs is 1. The van der Waals surface area contributed by atoms with E-state index in [0.29, 0.717) is 6.61 Å². The van der Waals surface area contributed by atoms with Gasteiger partial charge in [-0.1, -0.05) is 30.3 Å². The van der Waals surface area contributed by atoms with Gasteiger partial charge in [0.2, 0.25) is 0 Å². The van der Waals surface area contributed by atoms with Crippen LogP contribution in [0.15, 0.2) is 61.1 Å². The Morgan fingerprint density at radius 2 is 2.00 bits per heavy atom. The molecule has 0 bridgehead atoms. The summed E-state index contributed by atoms with van der Waals surface area (Å²) in [6, 6.07) is 14.1. The van der Waals surface area contributed by atoms with Gasteiger partial charge in [0.25, 0.3) is 0 Å². The Hall–Kier alpha value is -2.46. The molecule has 0 amide bonds. The lowest BCUT2D eigenvalue weighted by molar-refractivity contribution is 0.0905. The van der Waals surface area contributed by atoms with E-state index < -0.39 is 0 Å². The number of pyridine rings is 1. The van der Waals surface area contributed by atoms with Crippen molar-refractivity contribution in [2.24, 2.45) is 0 Å². The van der Waals surface area contributed by atoms with Gasteiger partial charge in [-0.15, -0.1) is 0 Å². The van der Waals surface area contributed by atoms with Crippen molar-refractivity contribution in [2.75, 3.05) is 0 Å². The summed E-state index contributed by atoms with van der Waals surface area (Å²) >= 11 is 0. The van der Waals surface area contributed by atoms with Gasteiger partial charge in [-0.05, 0) is 17.7 Å². The van der Waals surface area contributed by atoms with E-state index in [0.717, 1.165) is 22.5 Å². The Kier molecular flexibility index (Phi) is 2.60. The average molecular weight is 263 g/mol. The van der Waals surface area contributed by atoms with Crippen molar-refractivity contribution < 1.29 is 4.74 Å². The summed E-state index contributed by atoms with van der Waals surface area (Å²) in [7, 11) is 0. The summed E-state index contributed by atoms with van der Waals surface area (Å²) in [4.78, 5) is 4.13. The Labute approximate surface area is 116 Å². The fourth-order valence-electron chi connectivity index (χ4n) is 2.51. The molecule has 0 saturated carbocycles. The smallest absolute Gasteiger partial charge is 0.127 e. The molecule has 1 unspecified atom stereocenters. The van der Waals surface area contributed by atoms with E-state index in [4.69, 9.17) is 4.74 Å². The van der Waals surface area contributed by atoms with E-state index in [-0.39, 0.29) is 6.10 Å². The topological polar surface area (TPSA) is 39.9 Å². The third-order valence-electron chi connectivity index (χ3n) is 3.49. The molecule has 3 heterocycles. The van der Waals surface area contributed by atoms with Crippen molar-refractivity contribution in [3.8, 4) is 5.69 Å². The van der Waals surface area contributed by atoms with Crippen LogP contribution in [0.5, 0.6) is 0 Å². The number of hydrogen-bond acceptors (Lipinski definition) is 3. The molecule has 4 heteroatoms. The summed E-state index contributed by atoms with van der Waals surface area (Å²) in [5.41, 5.74) is 4.25. The van der Waals surface area contributed by atoms with Crippen LogP contribution in [0.25, 0.3) is 5.69 Å². The van der Waals surface area contributed by atoms with Crippen LogP contribution >= 0.6 is 0 Å². The molecule has 1 aliphatic heterocycles. The third-order valence-corrected chi connectivity index (χ3v) is 3.49. The zero-order chi connectivity index (χ0) is 13.4. The second-order valence-electron chi connectivity index (χ2n) is 4.80. The molecule has 0 saturated heterocycles. The molecule has 0 spiro atoms. The van der Waals surface area contributed by atoms with Gasteiger partial charge in [-0.3, -0.25) is 4.98 Å². The van der Waals surface area contributed by atoms with E-state index in [9.17, 15) is 0 Å². The molecule has 0 fully saturated rings. The van der Waals surface area contributed by atoms with Crippen molar-refractivity contribution >= 4 is 0 Å². The van der Waals surface area contributed by atoms with Crippen molar-refractivity contribution in [3.05, 3.63) is 77.9 Å². The van der Waals surface area contributed by atoms with Crippen LogP contribution in [-0.4, -0.2) is 14.8 Å². The lowest BCUT2D eigenvalue weighted by Crippen LogP contribution is -2.03. The fraction of sp³-hybridized carbons (Fsp3) is 0.125. The maximum atomic E-state index is 5.85. The summed E-state index contributed by atoms with van der Waals surface area (Å²) in [5, 5.41) is 4.67. The molecule has 1 aliphatic rings.